The first-order valence-corrected chi connectivity index (χ1v) is 6.26. The van der Waals surface area contributed by atoms with Gasteiger partial charge in [-0.15, -0.1) is 0 Å². The van der Waals surface area contributed by atoms with Crippen molar-refractivity contribution in [3.63, 3.8) is 0 Å². The maximum absolute atomic E-state index is 9.45. The van der Waals surface area contributed by atoms with Crippen molar-refractivity contribution in [1.29, 1.82) is 0 Å². The molecule has 0 fully saturated rings. The number of hydrogen-bond acceptors (Lipinski definition) is 1. The van der Waals surface area contributed by atoms with E-state index in [-0.39, 0.29) is 12.0 Å². The van der Waals surface area contributed by atoms with E-state index < -0.39 is 0 Å². The molecule has 0 aromatic heterocycles. The van der Waals surface area contributed by atoms with Gasteiger partial charge in [-0.25, -0.2) is 0 Å². The second-order valence-corrected chi connectivity index (χ2v) is 5.90. The molecule has 82 valence electrons. The van der Waals surface area contributed by atoms with Crippen LogP contribution in [-0.4, -0.2) is 11.7 Å². The third-order valence-electron chi connectivity index (χ3n) is 3.30. The van der Waals surface area contributed by atoms with Gasteiger partial charge in [-0.2, -0.15) is 0 Å². The molecule has 1 N–H and O–H groups in total. The molecule has 1 aromatic rings. The first kappa shape index (κ1) is 11.2. The molecule has 0 unspecified atom stereocenters. The summed E-state index contributed by atoms with van der Waals surface area (Å²) in [6.45, 7) is 4.41. The molecule has 1 nitrogen and oxygen atoms in total. The highest BCUT2D eigenvalue weighted by molar-refractivity contribution is 9.10. The summed E-state index contributed by atoms with van der Waals surface area (Å²) < 4.78 is 1.14. The van der Waals surface area contributed by atoms with Gasteiger partial charge < -0.3 is 5.11 Å². The fourth-order valence-electron chi connectivity index (χ4n) is 2.36. The summed E-state index contributed by atoms with van der Waals surface area (Å²) in [6, 6.07) is 4.39. The minimum atomic E-state index is -0.127. The fraction of sp³-hybridized carbons (Fsp3) is 0.538. The van der Waals surface area contributed by atoms with Crippen LogP contribution in [0.25, 0.3) is 0 Å². The molecule has 0 amide bonds. The van der Waals surface area contributed by atoms with Gasteiger partial charge in [-0.1, -0.05) is 29.8 Å². The van der Waals surface area contributed by atoms with Gasteiger partial charge in [0.15, 0.2) is 0 Å². The molecule has 0 spiro atoms. The van der Waals surface area contributed by atoms with Crippen LogP contribution in [0.4, 0.5) is 0 Å². The lowest BCUT2D eigenvalue weighted by atomic mass is 9.81. The Morgan fingerprint density at radius 3 is 2.73 bits per heavy atom. The summed E-state index contributed by atoms with van der Waals surface area (Å²) in [5, 5.41) is 9.45. The second-order valence-electron chi connectivity index (χ2n) is 4.99. The highest BCUT2D eigenvalue weighted by atomic mass is 79.9. The third kappa shape index (κ3) is 1.98. The van der Waals surface area contributed by atoms with E-state index >= 15 is 0 Å². The van der Waals surface area contributed by atoms with Crippen LogP contribution in [-0.2, 0) is 18.3 Å². The predicted octanol–water partition coefficient (Wildman–Crippen LogP) is 3.21. The number of halogens is 1. The molecular weight excluding hydrogens is 252 g/mol. The fourth-order valence-corrected chi connectivity index (χ4v) is 2.86. The Kier molecular flexibility index (Phi) is 2.91. The molecule has 0 saturated heterocycles. The van der Waals surface area contributed by atoms with E-state index in [4.69, 9.17) is 0 Å². The lowest BCUT2D eigenvalue weighted by Gasteiger charge is -2.25. The van der Waals surface area contributed by atoms with Crippen LogP contribution in [0.2, 0.25) is 0 Å². The first-order chi connectivity index (χ1) is 7.04. The maximum Gasteiger partial charge on any atom is 0.0522 e. The van der Waals surface area contributed by atoms with E-state index in [1.54, 1.807) is 0 Å². The molecule has 0 aliphatic heterocycles. The van der Waals surface area contributed by atoms with E-state index in [0.29, 0.717) is 0 Å². The van der Waals surface area contributed by atoms with Crippen LogP contribution >= 0.6 is 15.9 Å². The van der Waals surface area contributed by atoms with E-state index in [1.807, 2.05) is 0 Å². The van der Waals surface area contributed by atoms with Gasteiger partial charge in [-0.3, -0.25) is 0 Å². The molecule has 0 bridgehead atoms. The Hall–Kier alpha value is -0.340. The molecule has 0 saturated carbocycles. The summed E-state index contributed by atoms with van der Waals surface area (Å²) in [4.78, 5) is 0. The minimum Gasteiger partial charge on any atom is -0.395 e. The largest absolute Gasteiger partial charge is 0.395 e. The Labute approximate surface area is 99.6 Å². The van der Waals surface area contributed by atoms with Gasteiger partial charge in [0, 0.05) is 9.89 Å². The Morgan fingerprint density at radius 2 is 2.07 bits per heavy atom. The van der Waals surface area contributed by atoms with E-state index in [2.05, 4.69) is 41.9 Å². The normalized spacial score (nSPS) is 15.5. The zero-order chi connectivity index (χ0) is 11.1. The van der Waals surface area contributed by atoms with E-state index in [1.165, 1.54) is 36.0 Å². The number of rotatable bonds is 2. The van der Waals surface area contributed by atoms with Crippen LogP contribution in [0.5, 0.6) is 0 Å². The average molecular weight is 269 g/mol. The number of aliphatic hydroxyl groups excluding tert-OH is 1. The van der Waals surface area contributed by atoms with Gasteiger partial charge in [0.2, 0.25) is 0 Å². The summed E-state index contributed by atoms with van der Waals surface area (Å²) >= 11 is 3.56. The van der Waals surface area contributed by atoms with Crippen LogP contribution < -0.4 is 0 Å². The molecule has 0 radical (unpaired) electrons. The average Bonchev–Trinajstić information content (AvgIpc) is 2.63. The van der Waals surface area contributed by atoms with Gasteiger partial charge in [-0.05, 0) is 48.1 Å². The van der Waals surface area contributed by atoms with Crippen LogP contribution in [0.1, 0.15) is 37.0 Å². The number of benzene rings is 1. The Bertz CT molecular complexity index is 382. The van der Waals surface area contributed by atoms with E-state index in [0.717, 1.165) is 4.47 Å². The molecule has 0 heterocycles. The molecule has 1 aliphatic rings. The smallest absolute Gasteiger partial charge is 0.0522 e. The minimum absolute atomic E-state index is 0.127. The molecular formula is C13H17BrO. The third-order valence-corrected chi connectivity index (χ3v) is 3.76. The Morgan fingerprint density at radius 1 is 1.33 bits per heavy atom. The molecule has 2 heteroatoms. The summed E-state index contributed by atoms with van der Waals surface area (Å²) in [7, 11) is 0. The predicted molar refractivity (Wildman–Crippen MR) is 66.3 cm³/mol. The Balaban J connectivity index is 2.56. The molecule has 1 aromatic carbocycles. The zero-order valence-corrected chi connectivity index (χ0v) is 10.9. The zero-order valence-electron chi connectivity index (χ0n) is 9.31. The summed E-state index contributed by atoms with van der Waals surface area (Å²) in [5.74, 6) is 0. The SMILES string of the molecule is CC(C)(CO)c1cc(Br)cc2c1CCC2. The van der Waals surface area contributed by atoms with Crippen molar-refractivity contribution in [1.82, 2.24) is 0 Å². The van der Waals surface area contributed by atoms with Crippen molar-refractivity contribution in [2.75, 3.05) is 6.61 Å². The standard InChI is InChI=1S/C13H17BrO/c1-13(2,8-15)12-7-10(14)6-9-4-3-5-11(9)12/h6-7,15H,3-5,8H2,1-2H3. The van der Waals surface area contributed by atoms with Crippen molar-refractivity contribution in [3.05, 3.63) is 33.3 Å². The number of aryl methyl sites for hydroxylation is 1. The quantitative estimate of drug-likeness (QED) is 0.874. The van der Waals surface area contributed by atoms with Crippen molar-refractivity contribution < 1.29 is 5.11 Å². The lowest BCUT2D eigenvalue weighted by Crippen LogP contribution is -2.24. The van der Waals surface area contributed by atoms with Gasteiger partial charge in [0.05, 0.1) is 6.61 Å². The highest BCUT2D eigenvalue weighted by Crippen LogP contribution is 2.35. The van der Waals surface area contributed by atoms with Crippen molar-refractivity contribution >= 4 is 15.9 Å². The molecule has 1 aliphatic carbocycles. The summed E-state index contributed by atoms with van der Waals surface area (Å²) in [6.07, 6.45) is 3.60. The lowest BCUT2D eigenvalue weighted by molar-refractivity contribution is 0.218. The second kappa shape index (κ2) is 3.91. The van der Waals surface area contributed by atoms with Gasteiger partial charge in [0.25, 0.3) is 0 Å². The maximum atomic E-state index is 9.45. The van der Waals surface area contributed by atoms with Crippen LogP contribution in [0, 0.1) is 0 Å². The van der Waals surface area contributed by atoms with Crippen LogP contribution in [0.3, 0.4) is 0 Å². The first-order valence-electron chi connectivity index (χ1n) is 5.47. The highest BCUT2D eigenvalue weighted by Gasteiger charge is 2.26. The van der Waals surface area contributed by atoms with Gasteiger partial charge in [0.1, 0.15) is 0 Å². The molecule has 15 heavy (non-hydrogen) atoms. The number of aliphatic hydroxyl groups is 1. The monoisotopic (exact) mass is 268 g/mol. The molecule has 2 rings (SSSR count). The van der Waals surface area contributed by atoms with Gasteiger partial charge >= 0.3 is 0 Å². The number of fused-ring (bicyclic) bond motifs is 1. The van der Waals surface area contributed by atoms with Crippen molar-refractivity contribution in [2.24, 2.45) is 0 Å². The number of hydrogen-bond donors (Lipinski definition) is 1. The van der Waals surface area contributed by atoms with Crippen molar-refractivity contribution in [3.8, 4) is 0 Å². The summed E-state index contributed by atoms with van der Waals surface area (Å²) in [5.41, 5.74) is 4.11. The van der Waals surface area contributed by atoms with Crippen molar-refractivity contribution in [2.45, 2.75) is 38.5 Å². The topological polar surface area (TPSA) is 20.2 Å². The molecule has 0 atom stereocenters. The van der Waals surface area contributed by atoms with Crippen LogP contribution in [0.15, 0.2) is 16.6 Å². The van der Waals surface area contributed by atoms with E-state index in [9.17, 15) is 5.11 Å².